The minimum Gasteiger partial charge on any atom is -0.387 e. The maximum Gasteiger partial charge on any atom is 0.255 e. The van der Waals surface area contributed by atoms with Crippen molar-refractivity contribution >= 4 is 22.8 Å². The van der Waals surface area contributed by atoms with Gasteiger partial charge in [-0.2, -0.15) is 15.6 Å². The molecule has 0 radical (unpaired) electrons. The number of nitriles is 2. The van der Waals surface area contributed by atoms with Crippen LogP contribution in [0.1, 0.15) is 35.6 Å². The molecular weight excluding hydrogens is 465 g/mol. The summed E-state index contributed by atoms with van der Waals surface area (Å²) in [6.45, 7) is 2.22. The number of alkyl halides is 1. The number of aliphatic hydroxyl groups is 1. The predicted molar refractivity (Wildman–Crippen MR) is 127 cm³/mol. The number of hydrogen-bond acceptors (Lipinski definition) is 9. The standard InChI is InChI=1S/C24H20FN9O2/c1-24(2,36)21(25)13-31-23(35)17-12-28-19(6-18(17)33-15-10-29-22(8-27)30-11-15)20-4-3-16-5-14(7-26)9-32-34(16)20/h3-6,9-12,21,36H,13H2,1-2H3,(H,28,33)(H,31,35). The number of aromatic nitrogens is 5. The van der Waals surface area contributed by atoms with Crippen molar-refractivity contribution in [1.82, 2.24) is 29.9 Å². The number of carbonyl (C=O) groups is 1. The summed E-state index contributed by atoms with van der Waals surface area (Å²) < 4.78 is 15.8. The zero-order chi connectivity index (χ0) is 25.9. The zero-order valence-corrected chi connectivity index (χ0v) is 19.3. The lowest BCUT2D eigenvalue weighted by molar-refractivity contribution is -0.00177. The van der Waals surface area contributed by atoms with Crippen molar-refractivity contribution < 1.29 is 14.3 Å². The van der Waals surface area contributed by atoms with Gasteiger partial charge in [0.25, 0.3) is 5.91 Å². The Kier molecular flexibility index (Phi) is 6.54. The van der Waals surface area contributed by atoms with Gasteiger partial charge in [-0.15, -0.1) is 0 Å². The average Bonchev–Trinajstić information content (AvgIpc) is 3.30. The van der Waals surface area contributed by atoms with Crippen molar-refractivity contribution in [2.24, 2.45) is 0 Å². The largest absolute Gasteiger partial charge is 0.387 e. The fourth-order valence-corrected chi connectivity index (χ4v) is 3.27. The van der Waals surface area contributed by atoms with Crippen LogP contribution in [0.25, 0.3) is 16.9 Å². The van der Waals surface area contributed by atoms with Crippen molar-refractivity contribution in [2.45, 2.75) is 25.6 Å². The van der Waals surface area contributed by atoms with E-state index < -0.39 is 24.2 Å². The van der Waals surface area contributed by atoms with Crippen LogP contribution in [0.2, 0.25) is 0 Å². The van der Waals surface area contributed by atoms with Gasteiger partial charge in [0.2, 0.25) is 5.82 Å². The third-order valence-electron chi connectivity index (χ3n) is 5.28. The Hall–Kier alpha value is -4.94. The summed E-state index contributed by atoms with van der Waals surface area (Å²) in [5, 5.41) is 37.6. The molecule has 1 amide bonds. The molecule has 4 aromatic heterocycles. The minimum atomic E-state index is -1.69. The minimum absolute atomic E-state index is 0.0167. The highest BCUT2D eigenvalue weighted by Crippen LogP contribution is 2.27. The molecule has 0 saturated carbocycles. The Labute approximate surface area is 204 Å². The van der Waals surface area contributed by atoms with E-state index in [0.29, 0.717) is 33.8 Å². The Balaban J connectivity index is 1.71. The number of carbonyl (C=O) groups excluding carboxylic acids is 1. The Morgan fingerprint density at radius 2 is 1.89 bits per heavy atom. The topological polar surface area (TPSA) is 165 Å². The van der Waals surface area contributed by atoms with Gasteiger partial charge < -0.3 is 15.7 Å². The molecule has 36 heavy (non-hydrogen) atoms. The van der Waals surface area contributed by atoms with Gasteiger partial charge >= 0.3 is 0 Å². The van der Waals surface area contributed by atoms with Crippen LogP contribution in [0, 0.1) is 22.7 Å². The van der Waals surface area contributed by atoms with Gasteiger partial charge in [-0.3, -0.25) is 9.78 Å². The highest BCUT2D eigenvalue weighted by atomic mass is 19.1. The molecule has 1 atom stereocenters. The predicted octanol–water partition coefficient (Wildman–Crippen LogP) is 2.51. The fraction of sp³-hybridized carbons (Fsp3) is 0.208. The molecule has 180 valence electrons. The van der Waals surface area contributed by atoms with Gasteiger partial charge in [0.05, 0.1) is 70.1 Å². The molecule has 4 rings (SSSR count). The first-order chi connectivity index (χ1) is 17.2. The molecule has 4 aromatic rings. The van der Waals surface area contributed by atoms with Crippen LogP contribution in [0.15, 0.2) is 49.1 Å². The van der Waals surface area contributed by atoms with Gasteiger partial charge in [0.15, 0.2) is 0 Å². The van der Waals surface area contributed by atoms with Crippen molar-refractivity contribution in [2.75, 3.05) is 11.9 Å². The van der Waals surface area contributed by atoms with E-state index in [4.69, 9.17) is 10.5 Å². The van der Waals surface area contributed by atoms with Crippen LogP contribution in [0.4, 0.5) is 15.8 Å². The number of anilines is 2. The van der Waals surface area contributed by atoms with Crippen molar-refractivity contribution in [3.63, 3.8) is 0 Å². The summed E-state index contributed by atoms with van der Waals surface area (Å²) in [5.41, 5.74) is 1.35. The lowest BCUT2D eigenvalue weighted by Crippen LogP contribution is -2.42. The smallest absolute Gasteiger partial charge is 0.255 e. The lowest BCUT2D eigenvalue weighted by atomic mass is 10.0. The van der Waals surface area contributed by atoms with Gasteiger partial charge in [-0.25, -0.2) is 18.9 Å². The molecule has 0 fully saturated rings. The average molecular weight is 485 g/mol. The Bertz CT molecular complexity index is 1510. The van der Waals surface area contributed by atoms with Crippen molar-refractivity contribution in [3.05, 3.63) is 66.0 Å². The first kappa shape index (κ1) is 24.2. The monoisotopic (exact) mass is 485 g/mol. The first-order valence-electron chi connectivity index (χ1n) is 10.7. The van der Waals surface area contributed by atoms with Gasteiger partial charge in [0, 0.05) is 6.20 Å². The van der Waals surface area contributed by atoms with Crippen LogP contribution in [-0.4, -0.2) is 53.9 Å². The Morgan fingerprint density at radius 3 is 2.56 bits per heavy atom. The molecule has 3 N–H and O–H groups in total. The number of halogens is 1. The SMILES string of the molecule is CC(C)(O)C(F)CNC(=O)c1cnc(-c2ccc3cc(C#N)cnn23)cc1Nc1cnc(C#N)nc1. The van der Waals surface area contributed by atoms with E-state index >= 15 is 0 Å². The number of pyridine rings is 1. The molecule has 4 heterocycles. The second-order valence-corrected chi connectivity index (χ2v) is 8.39. The van der Waals surface area contributed by atoms with E-state index in [1.54, 1.807) is 28.8 Å². The van der Waals surface area contributed by atoms with E-state index in [9.17, 15) is 14.3 Å². The van der Waals surface area contributed by atoms with Crippen molar-refractivity contribution in [3.8, 4) is 23.5 Å². The molecule has 0 aromatic carbocycles. The number of fused-ring (bicyclic) bond motifs is 1. The molecule has 0 aliphatic heterocycles. The van der Waals surface area contributed by atoms with E-state index in [1.165, 1.54) is 38.6 Å². The molecular formula is C24H20FN9O2. The maximum atomic E-state index is 14.2. The zero-order valence-electron chi connectivity index (χ0n) is 19.3. The first-order valence-corrected chi connectivity index (χ1v) is 10.7. The maximum absolute atomic E-state index is 14.2. The van der Waals surface area contributed by atoms with E-state index in [2.05, 4.69) is 30.7 Å². The molecule has 0 spiro atoms. The van der Waals surface area contributed by atoms with Crippen LogP contribution < -0.4 is 10.6 Å². The summed E-state index contributed by atoms with van der Waals surface area (Å²) in [6.07, 6.45) is 3.85. The summed E-state index contributed by atoms with van der Waals surface area (Å²) in [7, 11) is 0. The molecule has 12 heteroatoms. The van der Waals surface area contributed by atoms with Crippen LogP contribution in [-0.2, 0) is 0 Å². The number of nitrogens with one attached hydrogen (secondary N) is 2. The quantitative estimate of drug-likeness (QED) is 0.356. The van der Waals surface area contributed by atoms with E-state index in [0.717, 1.165) is 0 Å². The number of rotatable bonds is 7. The molecule has 11 nitrogen and oxygen atoms in total. The summed E-state index contributed by atoms with van der Waals surface area (Å²) in [4.78, 5) is 25.1. The second-order valence-electron chi connectivity index (χ2n) is 8.39. The van der Waals surface area contributed by atoms with Gasteiger partial charge in [-0.1, -0.05) is 0 Å². The van der Waals surface area contributed by atoms with Crippen LogP contribution in [0.3, 0.4) is 0 Å². The molecule has 0 aliphatic carbocycles. The van der Waals surface area contributed by atoms with Crippen LogP contribution in [0.5, 0.6) is 0 Å². The van der Waals surface area contributed by atoms with Gasteiger partial charge in [-0.05, 0) is 38.1 Å². The highest BCUT2D eigenvalue weighted by Gasteiger charge is 2.27. The summed E-state index contributed by atoms with van der Waals surface area (Å²) in [5.74, 6) is -0.633. The third-order valence-corrected chi connectivity index (χ3v) is 5.28. The molecule has 0 saturated heterocycles. The summed E-state index contributed by atoms with van der Waals surface area (Å²) >= 11 is 0. The number of nitrogens with zero attached hydrogens (tertiary/aromatic N) is 7. The van der Waals surface area contributed by atoms with Crippen LogP contribution >= 0.6 is 0 Å². The Morgan fingerprint density at radius 1 is 1.14 bits per heavy atom. The number of amides is 1. The third kappa shape index (κ3) is 5.09. The molecule has 1 unspecified atom stereocenters. The molecule has 0 aliphatic rings. The second kappa shape index (κ2) is 9.74. The summed E-state index contributed by atoms with van der Waals surface area (Å²) in [6, 6.07) is 10.7. The normalized spacial score (nSPS) is 11.9. The molecule has 0 bridgehead atoms. The lowest BCUT2D eigenvalue weighted by Gasteiger charge is -2.22. The van der Waals surface area contributed by atoms with E-state index in [-0.39, 0.29) is 11.4 Å². The number of hydrogen-bond donors (Lipinski definition) is 3. The van der Waals surface area contributed by atoms with E-state index in [1.807, 2.05) is 12.1 Å². The highest BCUT2D eigenvalue weighted by molar-refractivity contribution is 6.00. The van der Waals surface area contributed by atoms with Gasteiger partial charge in [0.1, 0.15) is 18.3 Å². The fourth-order valence-electron chi connectivity index (χ4n) is 3.27. The van der Waals surface area contributed by atoms with Crippen molar-refractivity contribution in [1.29, 1.82) is 10.5 Å².